The molecule has 0 unspecified atom stereocenters. The zero-order valence-corrected chi connectivity index (χ0v) is 14.1. The summed E-state index contributed by atoms with van der Waals surface area (Å²) in [7, 11) is 0. The van der Waals surface area contributed by atoms with E-state index in [0.717, 1.165) is 16.8 Å². The monoisotopic (exact) mass is 309 g/mol. The molecular weight excluding hydrogens is 286 g/mol. The van der Waals surface area contributed by atoms with Crippen LogP contribution in [0, 0.1) is 6.92 Å². The Morgan fingerprint density at radius 1 is 1.04 bits per heavy atom. The fraction of sp³-hybridized carbons (Fsp3) is 0.250. The fourth-order valence-electron chi connectivity index (χ4n) is 2.28. The predicted molar refractivity (Wildman–Crippen MR) is 95.2 cm³/mol. The van der Waals surface area contributed by atoms with Crippen molar-refractivity contribution in [3.63, 3.8) is 0 Å². The first-order chi connectivity index (χ1) is 11.0. The lowest BCUT2D eigenvalue weighted by Crippen LogP contribution is -2.15. The molecule has 0 atom stereocenters. The van der Waals surface area contributed by atoms with Gasteiger partial charge in [0, 0.05) is 11.3 Å². The van der Waals surface area contributed by atoms with Gasteiger partial charge >= 0.3 is 0 Å². The van der Waals surface area contributed by atoms with Gasteiger partial charge in [0.15, 0.2) is 0 Å². The van der Waals surface area contributed by atoms with Crippen LogP contribution in [0.25, 0.3) is 11.1 Å². The van der Waals surface area contributed by atoms with Gasteiger partial charge in [-0.05, 0) is 39.3 Å². The van der Waals surface area contributed by atoms with E-state index in [1.807, 2.05) is 38.1 Å². The number of anilines is 1. The highest BCUT2D eigenvalue weighted by atomic mass is 16.5. The second kappa shape index (κ2) is 7.63. The quantitative estimate of drug-likeness (QED) is 0.628. The molecule has 1 amide bonds. The highest BCUT2D eigenvalue weighted by Gasteiger charge is 2.12. The van der Waals surface area contributed by atoms with E-state index in [1.54, 1.807) is 6.92 Å². The third-order valence-corrected chi connectivity index (χ3v) is 3.77. The van der Waals surface area contributed by atoms with Crippen LogP contribution < -0.4 is 5.32 Å². The van der Waals surface area contributed by atoms with E-state index in [1.165, 1.54) is 5.56 Å². The number of amides is 1. The Kier molecular flexibility index (Phi) is 5.58. The molecule has 0 aromatic heterocycles. The molecule has 2 aromatic rings. The number of aryl methyl sites for hydroxylation is 1. The van der Waals surface area contributed by atoms with Gasteiger partial charge in [-0.15, -0.1) is 0 Å². The number of carbonyl (C=O) groups excluding carboxylic acids is 1. The summed E-state index contributed by atoms with van der Waals surface area (Å²) in [6.45, 7) is 8.10. The lowest BCUT2D eigenvalue weighted by molar-refractivity contribution is -0.113. The number of hydrogen-bond donors (Lipinski definition) is 1. The molecule has 0 aliphatic rings. The van der Waals surface area contributed by atoms with Crippen molar-refractivity contribution >= 4 is 11.6 Å². The van der Waals surface area contributed by atoms with Crippen molar-refractivity contribution < 1.29 is 9.53 Å². The SMILES string of the molecule is CCO/C(C)=C(\C)C(=O)Nc1ccccc1-c1ccc(C)cc1. The number of rotatable bonds is 5. The van der Waals surface area contributed by atoms with Crippen molar-refractivity contribution in [3.05, 3.63) is 65.4 Å². The van der Waals surface area contributed by atoms with Crippen molar-refractivity contribution in [1.29, 1.82) is 0 Å². The summed E-state index contributed by atoms with van der Waals surface area (Å²) < 4.78 is 5.41. The summed E-state index contributed by atoms with van der Waals surface area (Å²) in [5.41, 5.74) is 4.68. The summed E-state index contributed by atoms with van der Waals surface area (Å²) in [4.78, 5) is 12.4. The predicted octanol–water partition coefficient (Wildman–Crippen LogP) is 4.93. The van der Waals surface area contributed by atoms with E-state index >= 15 is 0 Å². The van der Waals surface area contributed by atoms with Crippen LogP contribution in [0.1, 0.15) is 26.3 Å². The van der Waals surface area contributed by atoms with Gasteiger partial charge in [-0.25, -0.2) is 0 Å². The Labute approximate surface area is 138 Å². The molecule has 0 saturated heterocycles. The Hall–Kier alpha value is -2.55. The van der Waals surface area contributed by atoms with Crippen molar-refractivity contribution in [1.82, 2.24) is 0 Å². The molecule has 2 rings (SSSR count). The third-order valence-electron chi connectivity index (χ3n) is 3.77. The smallest absolute Gasteiger partial charge is 0.254 e. The van der Waals surface area contributed by atoms with E-state index in [4.69, 9.17) is 4.74 Å². The molecule has 2 aromatic carbocycles. The van der Waals surface area contributed by atoms with Crippen LogP contribution in [0.5, 0.6) is 0 Å². The second-order valence-corrected chi connectivity index (χ2v) is 5.48. The fourth-order valence-corrected chi connectivity index (χ4v) is 2.28. The van der Waals surface area contributed by atoms with Crippen LogP contribution in [0.4, 0.5) is 5.69 Å². The van der Waals surface area contributed by atoms with Crippen molar-refractivity contribution in [2.75, 3.05) is 11.9 Å². The van der Waals surface area contributed by atoms with E-state index < -0.39 is 0 Å². The van der Waals surface area contributed by atoms with Gasteiger partial charge < -0.3 is 10.1 Å². The number of allylic oxidation sites excluding steroid dienone is 1. The number of nitrogens with one attached hydrogen (secondary N) is 1. The maximum absolute atomic E-state index is 12.4. The van der Waals surface area contributed by atoms with Crippen LogP contribution in [-0.4, -0.2) is 12.5 Å². The highest BCUT2D eigenvalue weighted by molar-refractivity contribution is 6.05. The van der Waals surface area contributed by atoms with Gasteiger partial charge in [0.25, 0.3) is 5.91 Å². The van der Waals surface area contributed by atoms with Crippen molar-refractivity contribution in [3.8, 4) is 11.1 Å². The number of para-hydroxylation sites is 1. The summed E-state index contributed by atoms with van der Waals surface area (Å²) in [5, 5.41) is 2.99. The van der Waals surface area contributed by atoms with E-state index in [-0.39, 0.29) is 5.91 Å². The maximum Gasteiger partial charge on any atom is 0.254 e. The van der Waals surface area contributed by atoms with Crippen LogP contribution >= 0.6 is 0 Å². The van der Waals surface area contributed by atoms with Gasteiger partial charge in [0.2, 0.25) is 0 Å². The molecule has 3 nitrogen and oxygen atoms in total. The topological polar surface area (TPSA) is 38.3 Å². The lowest BCUT2D eigenvalue weighted by atomic mass is 10.0. The molecule has 0 aliphatic heterocycles. The first kappa shape index (κ1) is 16.8. The number of carbonyl (C=O) groups is 1. The van der Waals surface area contributed by atoms with Crippen molar-refractivity contribution in [2.45, 2.75) is 27.7 Å². The first-order valence-corrected chi connectivity index (χ1v) is 7.80. The summed E-state index contributed by atoms with van der Waals surface area (Å²) in [5.74, 6) is 0.508. The molecule has 1 N–H and O–H groups in total. The van der Waals surface area contributed by atoms with Crippen molar-refractivity contribution in [2.24, 2.45) is 0 Å². The standard InChI is InChI=1S/C20H23NO2/c1-5-23-16(4)15(3)20(22)21-19-9-7-6-8-18(19)17-12-10-14(2)11-13-17/h6-13H,5H2,1-4H3,(H,21,22)/b16-15+. The minimum absolute atomic E-state index is 0.143. The zero-order valence-electron chi connectivity index (χ0n) is 14.1. The summed E-state index contributed by atoms with van der Waals surface area (Å²) in [6, 6.07) is 16.1. The second-order valence-electron chi connectivity index (χ2n) is 5.48. The van der Waals surface area contributed by atoms with E-state index in [2.05, 4.69) is 36.5 Å². The Morgan fingerprint density at radius 2 is 1.70 bits per heavy atom. The molecule has 0 bridgehead atoms. The molecule has 0 fully saturated rings. The number of benzene rings is 2. The molecule has 0 saturated carbocycles. The Balaban J connectivity index is 2.29. The summed E-state index contributed by atoms with van der Waals surface area (Å²) >= 11 is 0. The van der Waals surface area contributed by atoms with Gasteiger partial charge in [0.1, 0.15) is 5.76 Å². The van der Waals surface area contributed by atoms with Crippen LogP contribution in [0.2, 0.25) is 0 Å². The Bertz CT molecular complexity index is 715. The van der Waals surface area contributed by atoms with Gasteiger partial charge in [-0.1, -0.05) is 48.0 Å². The minimum Gasteiger partial charge on any atom is -0.498 e. The largest absolute Gasteiger partial charge is 0.498 e. The van der Waals surface area contributed by atoms with Crippen LogP contribution in [0.15, 0.2) is 59.9 Å². The first-order valence-electron chi connectivity index (χ1n) is 7.80. The molecule has 120 valence electrons. The number of ether oxygens (including phenoxy) is 1. The highest BCUT2D eigenvalue weighted by Crippen LogP contribution is 2.28. The number of hydrogen-bond acceptors (Lipinski definition) is 2. The Morgan fingerprint density at radius 3 is 2.35 bits per heavy atom. The molecule has 0 aliphatic carbocycles. The molecule has 0 spiro atoms. The van der Waals surface area contributed by atoms with Gasteiger partial charge in [-0.2, -0.15) is 0 Å². The molecule has 3 heteroatoms. The summed E-state index contributed by atoms with van der Waals surface area (Å²) in [6.07, 6.45) is 0. The molecule has 23 heavy (non-hydrogen) atoms. The van der Waals surface area contributed by atoms with E-state index in [9.17, 15) is 4.79 Å². The average molecular weight is 309 g/mol. The molecule has 0 radical (unpaired) electrons. The maximum atomic E-state index is 12.4. The molecular formula is C20H23NO2. The van der Waals surface area contributed by atoms with Gasteiger partial charge in [-0.3, -0.25) is 4.79 Å². The van der Waals surface area contributed by atoms with Crippen LogP contribution in [0.3, 0.4) is 0 Å². The lowest BCUT2D eigenvalue weighted by Gasteiger charge is -2.13. The normalized spacial score (nSPS) is 11.7. The van der Waals surface area contributed by atoms with E-state index in [0.29, 0.717) is 17.9 Å². The zero-order chi connectivity index (χ0) is 16.8. The molecule has 0 heterocycles. The third kappa shape index (κ3) is 4.22. The van der Waals surface area contributed by atoms with Crippen LogP contribution in [-0.2, 0) is 9.53 Å². The average Bonchev–Trinajstić information content (AvgIpc) is 2.55. The van der Waals surface area contributed by atoms with Gasteiger partial charge in [0.05, 0.1) is 12.2 Å². The minimum atomic E-state index is -0.143.